The monoisotopic (exact) mass is 402 g/mol. The van der Waals surface area contributed by atoms with Crippen LogP contribution in [0.1, 0.15) is 18.9 Å². The van der Waals surface area contributed by atoms with Gasteiger partial charge in [-0.15, -0.1) is 0 Å². The van der Waals surface area contributed by atoms with E-state index >= 15 is 0 Å². The number of aromatic hydroxyl groups is 1. The Morgan fingerprint density at radius 3 is 2.89 bits per heavy atom. The highest BCUT2D eigenvalue weighted by Gasteiger charge is 2.23. The van der Waals surface area contributed by atoms with E-state index < -0.39 is 0 Å². The quantitative estimate of drug-likeness (QED) is 0.510. The van der Waals surface area contributed by atoms with Crippen molar-refractivity contribution in [2.24, 2.45) is 4.99 Å². The van der Waals surface area contributed by atoms with Gasteiger partial charge in [-0.1, -0.05) is 29.8 Å². The van der Waals surface area contributed by atoms with E-state index in [2.05, 4.69) is 26.6 Å². The van der Waals surface area contributed by atoms with Gasteiger partial charge in [0.25, 0.3) is 0 Å². The lowest BCUT2D eigenvalue weighted by atomic mass is 10.2. The molecule has 7 heteroatoms. The van der Waals surface area contributed by atoms with Gasteiger partial charge >= 0.3 is 0 Å². The number of rotatable bonds is 6. The second kappa shape index (κ2) is 9.55. The smallest absolute Gasteiger partial charge is 0.191 e. The van der Waals surface area contributed by atoms with Gasteiger partial charge in [0, 0.05) is 41.9 Å². The summed E-state index contributed by atoms with van der Waals surface area (Å²) in [7, 11) is 1.54. The van der Waals surface area contributed by atoms with E-state index in [1.54, 1.807) is 13.2 Å². The molecule has 0 aliphatic carbocycles. The molecule has 0 saturated carbocycles. The molecule has 0 bridgehead atoms. The molecule has 28 heavy (non-hydrogen) atoms. The van der Waals surface area contributed by atoms with Crippen LogP contribution in [-0.2, 0) is 6.54 Å². The second-order valence-corrected chi connectivity index (χ2v) is 7.16. The molecule has 0 amide bonds. The minimum Gasteiger partial charge on any atom is -0.504 e. The molecule has 1 unspecified atom stereocenters. The number of halogens is 1. The van der Waals surface area contributed by atoms with E-state index in [-0.39, 0.29) is 11.8 Å². The zero-order chi connectivity index (χ0) is 19.9. The number of phenolic OH excluding ortho intramolecular Hbond substituents is 1. The van der Waals surface area contributed by atoms with Crippen molar-refractivity contribution in [3.8, 4) is 11.5 Å². The number of guanidine groups is 1. The van der Waals surface area contributed by atoms with Crippen molar-refractivity contribution in [1.29, 1.82) is 0 Å². The average molecular weight is 403 g/mol. The Hall–Kier alpha value is -2.60. The number of anilines is 1. The Morgan fingerprint density at radius 1 is 1.32 bits per heavy atom. The lowest BCUT2D eigenvalue weighted by Crippen LogP contribution is -2.44. The van der Waals surface area contributed by atoms with Gasteiger partial charge in [0.15, 0.2) is 17.5 Å². The molecule has 1 saturated heterocycles. The van der Waals surface area contributed by atoms with Crippen molar-refractivity contribution in [3.05, 3.63) is 53.1 Å². The van der Waals surface area contributed by atoms with Gasteiger partial charge in [-0.3, -0.25) is 0 Å². The maximum atomic E-state index is 10.2. The van der Waals surface area contributed by atoms with Crippen LogP contribution in [0.15, 0.2) is 47.5 Å². The molecule has 0 radical (unpaired) electrons. The van der Waals surface area contributed by atoms with Crippen LogP contribution in [0.3, 0.4) is 0 Å². The summed E-state index contributed by atoms with van der Waals surface area (Å²) < 4.78 is 5.17. The topological polar surface area (TPSA) is 69.1 Å². The van der Waals surface area contributed by atoms with E-state index in [1.165, 1.54) is 0 Å². The van der Waals surface area contributed by atoms with Gasteiger partial charge in [0.1, 0.15) is 0 Å². The SMILES string of the molecule is CCNC(=NCc1cccc(OC)c1O)NC1CCN(c2cccc(Cl)c2)C1. The van der Waals surface area contributed by atoms with Gasteiger partial charge in [-0.2, -0.15) is 0 Å². The second-order valence-electron chi connectivity index (χ2n) is 6.72. The molecule has 3 N–H and O–H groups in total. The lowest BCUT2D eigenvalue weighted by Gasteiger charge is -2.20. The van der Waals surface area contributed by atoms with Crippen LogP contribution in [0.4, 0.5) is 5.69 Å². The predicted octanol–water partition coefficient (Wildman–Crippen LogP) is 3.39. The van der Waals surface area contributed by atoms with Crippen molar-refractivity contribution in [1.82, 2.24) is 10.6 Å². The molecular formula is C21H27ClN4O2. The van der Waals surface area contributed by atoms with E-state index in [1.807, 2.05) is 37.3 Å². The first-order valence-corrected chi connectivity index (χ1v) is 9.88. The molecule has 2 aromatic carbocycles. The third kappa shape index (κ3) is 5.01. The van der Waals surface area contributed by atoms with Crippen LogP contribution in [-0.4, -0.2) is 43.9 Å². The van der Waals surface area contributed by atoms with Crippen molar-refractivity contribution in [2.75, 3.05) is 31.6 Å². The Morgan fingerprint density at radius 2 is 2.14 bits per heavy atom. The van der Waals surface area contributed by atoms with Crippen molar-refractivity contribution in [3.63, 3.8) is 0 Å². The van der Waals surface area contributed by atoms with Crippen LogP contribution < -0.4 is 20.3 Å². The lowest BCUT2D eigenvalue weighted by molar-refractivity contribution is 0.370. The Labute approximate surface area is 171 Å². The minimum atomic E-state index is 0.137. The van der Waals surface area contributed by atoms with Crippen LogP contribution in [0.2, 0.25) is 5.02 Å². The molecule has 6 nitrogen and oxygen atoms in total. The van der Waals surface area contributed by atoms with Crippen molar-refractivity contribution >= 4 is 23.2 Å². The van der Waals surface area contributed by atoms with Crippen LogP contribution >= 0.6 is 11.6 Å². The number of benzene rings is 2. The number of hydrogen-bond acceptors (Lipinski definition) is 4. The largest absolute Gasteiger partial charge is 0.504 e. The van der Waals surface area contributed by atoms with Crippen LogP contribution in [0.25, 0.3) is 0 Å². The molecule has 2 aromatic rings. The molecule has 0 spiro atoms. The number of phenols is 1. The molecule has 1 heterocycles. The first kappa shape index (κ1) is 20.1. The fourth-order valence-corrected chi connectivity index (χ4v) is 3.51. The van der Waals surface area contributed by atoms with Crippen LogP contribution in [0.5, 0.6) is 11.5 Å². The molecule has 150 valence electrons. The van der Waals surface area contributed by atoms with Gasteiger partial charge in [0.05, 0.1) is 13.7 Å². The molecular weight excluding hydrogens is 376 g/mol. The summed E-state index contributed by atoms with van der Waals surface area (Å²) in [5.41, 5.74) is 1.86. The summed E-state index contributed by atoms with van der Waals surface area (Å²) >= 11 is 6.12. The zero-order valence-corrected chi connectivity index (χ0v) is 17.0. The summed E-state index contributed by atoms with van der Waals surface area (Å²) in [4.78, 5) is 6.96. The van der Waals surface area contributed by atoms with Gasteiger partial charge in [-0.05, 0) is 37.6 Å². The number of para-hydroxylation sites is 1. The van der Waals surface area contributed by atoms with Crippen LogP contribution in [0, 0.1) is 0 Å². The van der Waals surface area contributed by atoms with E-state index in [4.69, 9.17) is 16.3 Å². The first-order chi connectivity index (χ1) is 13.6. The highest BCUT2D eigenvalue weighted by Crippen LogP contribution is 2.29. The third-order valence-corrected chi connectivity index (χ3v) is 4.99. The third-order valence-electron chi connectivity index (χ3n) is 4.76. The molecule has 1 aliphatic heterocycles. The number of nitrogens with one attached hydrogen (secondary N) is 2. The van der Waals surface area contributed by atoms with E-state index in [9.17, 15) is 5.11 Å². The molecule has 0 aromatic heterocycles. The summed E-state index contributed by atoms with van der Waals surface area (Å²) in [6.07, 6.45) is 1.02. The van der Waals surface area contributed by atoms with Gasteiger partial charge < -0.3 is 25.4 Å². The maximum Gasteiger partial charge on any atom is 0.191 e. The number of ether oxygens (including phenoxy) is 1. The summed E-state index contributed by atoms with van der Waals surface area (Å²) in [5, 5.41) is 17.8. The minimum absolute atomic E-state index is 0.137. The molecule has 3 rings (SSSR count). The summed E-state index contributed by atoms with van der Waals surface area (Å²) in [6.45, 7) is 5.01. The molecule has 1 aliphatic rings. The highest BCUT2D eigenvalue weighted by atomic mass is 35.5. The highest BCUT2D eigenvalue weighted by molar-refractivity contribution is 6.30. The van der Waals surface area contributed by atoms with Crippen molar-refractivity contribution < 1.29 is 9.84 Å². The predicted molar refractivity (Wildman–Crippen MR) is 115 cm³/mol. The first-order valence-electron chi connectivity index (χ1n) is 9.51. The summed E-state index contributed by atoms with van der Waals surface area (Å²) in [5.74, 6) is 1.33. The zero-order valence-electron chi connectivity index (χ0n) is 16.3. The number of nitrogens with zero attached hydrogens (tertiary/aromatic N) is 2. The fourth-order valence-electron chi connectivity index (χ4n) is 3.32. The van der Waals surface area contributed by atoms with E-state index in [0.29, 0.717) is 12.3 Å². The fraction of sp³-hybridized carbons (Fsp3) is 0.381. The number of aliphatic imine (C=N–C) groups is 1. The molecule has 1 fully saturated rings. The van der Waals surface area contributed by atoms with E-state index in [0.717, 1.165) is 48.3 Å². The average Bonchev–Trinajstić information content (AvgIpc) is 3.16. The Kier molecular flexibility index (Phi) is 6.87. The van der Waals surface area contributed by atoms with Gasteiger partial charge in [-0.25, -0.2) is 4.99 Å². The standard InChI is InChI=1S/C21H27ClN4O2/c1-3-23-21(24-13-15-6-4-9-19(28-2)20(15)27)25-17-10-11-26(14-17)18-8-5-7-16(22)12-18/h4-9,12,17,27H,3,10-11,13-14H2,1-2H3,(H2,23,24,25). The molecule has 1 atom stereocenters. The summed E-state index contributed by atoms with van der Waals surface area (Å²) in [6, 6.07) is 13.7. The number of methoxy groups -OCH3 is 1. The maximum absolute atomic E-state index is 10.2. The Balaban J connectivity index is 1.64. The number of hydrogen-bond donors (Lipinski definition) is 3. The van der Waals surface area contributed by atoms with Crippen molar-refractivity contribution in [2.45, 2.75) is 25.9 Å². The van der Waals surface area contributed by atoms with Gasteiger partial charge in [0.2, 0.25) is 0 Å². The normalized spacial score (nSPS) is 16.9. The Bertz CT molecular complexity index is 828.